The molecule has 7 heteroatoms. The lowest BCUT2D eigenvalue weighted by Crippen LogP contribution is -2.37. The molecule has 30 heavy (non-hydrogen) atoms. The van der Waals surface area contributed by atoms with Crippen molar-refractivity contribution in [2.75, 3.05) is 46.5 Å². The molecule has 1 atom stereocenters. The zero-order chi connectivity index (χ0) is 20.2. The average molecular weight is 530 g/mol. The first-order valence-corrected chi connectivity index (χ1v) is 11.3. The quantitative estimate of drug-likeness (QED) is 0.222. The number of benzene rings is 1. The number of aliphatic imine (C=N–C) groups is 1. The van der Waals surface area contributed by atoms with Gasteiger partial charge in [0, 0.05) is 39.9 Å². The molecule has 170 valence electrons. The second-order valence-electron chi connectivity index (χ2n) is 8.07. The Morgan fingerprint density at radius 3 is 2.50 bits per heavy atom. The van der Waals surface area contributed by atoms with Crippen molar-refractivity contribution in [2.24, 2.45) is 4.99 Å². The highest BCUT2D eigenvalue weighted by Crippen LogP contribution is 2.14. The van der Waals surface area contributed by atoms with E-state index in [4.69, 9.17) is 9.47 Å². The number of halogens is 1. The molecule has 0 spiro atoms. The van der Waals surface area contributed by atoms with E-state index < -0.39 is 0 Å². The topological polar surface area (TPSA) is 58.1 Å². The predicted molar refractivity (Wildman–Crippen MR) is 134 cm³/mol. The first kappa shape index (κ1) is 25.4. The molecule has 2 fully saturated rings. The second kappa shape index (κ2) is 15.0. The van der Waals surface area contributed by atoms with Gasteiger partial charge in [-0.1, -0.05) is 37.1 Å². The number of nitrogens with zero attached hydrogens (tertiary/aromatic N) is 2. The van der Waals surface area contributed by atoms with Crippen LogP contribution in [0.15, 0.2) is 29.3 Å². The van der Waals surface area contributed by atoms with Gasteiger partial charge in [0.15, 0.2) is 5.96 Å². The van der Waals surface area contributed by atoms with Crippen molar-refractivity contribution < 1.29 is 9.47 Å². The van der Waals surface area contributed by atoms with Gasteiger partial charge in [-0.3, -0.25) is 9.89 Å². The number of ether oxygens (including phenoxy) is 2. The standard InChI is InChI=1S/C23H38N4O2.HI/c1-24-23(25-12-6-15-29-22-11-16-28-19-22)26-17-20-7-9-21(10-8-20)18-27-13-4-2-3-5-14-27;/h7-10,22H,2-6,11-19H2,1H3,(H2,24,25,26);1H. The molecule has 0 aliphatic carbocycles. The van der Waals surface area contributed by atoms with E-state index in [2.05, 4.69) is 44.8 Å². The van der Waals surface area contributed by atoms with E-state index in [-0.39, 0.29) is 30.1 Å². The Hall–Kier alpha value is -0.900. The lowest BCUT2D eigenvalue weighted by Gasteiger charge is -2.20. The molecule has 2 heterocycles. The third-order valence-electron chi connectivity index (χ3n) is 5.67. The summed E-state index contributed by atoms with van der Waals surface area (Å²) in [5.74, 6) is 0.836. The van der Waals surface area contributed by atoms with Crippen LogP contribution in [0.1, 0.15) is 49.7 Å². The summed E-state index contributed by atoms with van der Waals surface area (Å²) in [6.07, 6.45) is 7.73. The molecule has 6 nitrogen and oxygen atoms in total. The van der Waals surface area contributed by atoms with E-state index in [1.807, 2.05) is 7.05 Å². The minimum absolute atomic E-state index is 0. The number of hydrogen-bond acceptors (Lipinski definition) is 4. The van der Waals surface area contributed by atoms with Crippen LogP contribution in [0.5, 0.6) is 0 Å². The van der Waals surface area contributed by atoms with Crippen LogP contribution in [0, 0.1) is 0 Å². The highest BCUT2D eigenvalue weighted by Gasteiger charge is 2.15. The SMILES string of the molecule is CN=C(NCCCOC1CCOC1)NCc1ccc(CN2CCCCCC2)cc1.I. The molecular weight excluding hydrogens is 491 g/mol. The summed E-state index contributed by atoms with van der Waals surface area (Å²) in [6, 6.07) is 8.99. The van der Waals surface area contributed by atoms with Crippen molar-refractivity contribution in [1.82, 2.24) is 15.5 Å². The van der Waals surface area contributed by atoms with Gasteiger partial charge in [0.2, 0.25) is 0 Å². The normalized spacial score (nSPS) is 20.4. The summed E-state index contributed by atoms with van der Waals surface area (Å²) in [5, 5.41) is 6.75. The van der Waals surface area contributed by atoms with Crippen molar-refractivity contribution in [3.8, 4) is 0 Å². The van der Waals surface area contributed by atoms with E-state index in [0.29, 0.717) is 0 Å². The third kappa shape index (κ3) is 9.49. The van der Waals surface area contributed by atoms with Crippen LogP contribution in [-0.2, 0) is 22.6 Å². The van der Waals surface area contributed by atoms with Gasteiger partial charge in [0.25, 0.3) is 0 Å². The van der Waals surface area contributed by atoms with Crippen molar-refractivity contribution in [2.45, 2.75) is 57.7 Å². The minimum atomic E-state index is 0. The number of rotatable bonds is 9. The molecule has 2 N–H and O–H groups in total. The Labute approximate surface area is 199 Å². The molecule has 2 aliphatic rings. The van der Waals surface area contributed by atoms with E-state index >= 15 is 0 Å². The van der Waals surface area contributed by atoms with Crippen LogP contribution in [-0.4, -0.2) is 63.5 Å². The van der Waals surface area contributed by atoms with Crippen molar-refractivity contribution in [3.05, 3.63) is 35.4 Å². The Morgan fingerprint density at radius 2 is 1.83 bits per heavy atom. The smallest absolute Gasteiger partial charge is 0.191 e. The largest absolute Gasteiger partial charge is 0.379 e. The highest BCUT2D eigenvalue weighted by atomic mass is 127. The van der Waals surface area contributed by atoms with Crippen LogP contribution in [0.3, 0.4) is 0 Å². The number of likely N-dealkylation sites (tertiary alicyclic amines) is 1. The maximum absolute atomic E-state index is 5.79. The molecule has 0 amide bonds. The van der Waals surface area contributed by atoms with Gasteiger partial charge in [-0.25, -0.2) is 0 Å². The van der Waals surface area contributed by atoms with Crippen LogP contribution >= 0.6 is 24.0 Å². The fraction of sp³-hybridized carbons (Fsp3) is 0.696. The summed E-state index contributed by atoms with van der Waals surface area (Å²) in [6.45, 7) is 7.52. The van der Waals surface area contributed by atoms with Crippen LogP contribution in [0.2, 0.25) is 0 Å². The zero-order valence-corrected chi connectivity index (χ0v) is 20.7. The molecule has 1 unspecified atom stereocenters. The summed E-state index contributed by atoms with van der Waals surface area (Å²) in [7, 11) is 1.81. The van der Waals surface area contributed by atoms with Crippen molar-refractivity contribution in [1.29, 1.82) is 0 Å². The summed E-state index contributed by atoms with van der Waals surface area (Å²) in [4.78, 5) is 6.90. The molecule has 0 bridgehead atoms. The summed E-state index contributed by atoms with van der Waals surface area (Å²) in [5.41, 5.74) is 2.68. The van der Waals surface area contributed by atoms with Gasteiger partial charge >= 0.3 is 0 Å². The molecule has 0 radical (unpaired) electrons. The van der Waals surface area contributed by atoms with E-state index in [0.717, 1.165) is 58.3 Å². The highest BCUT2D eigenvalue weighted by molar-refractivity contribution is 14.0. The van der Waals surface area contributed by atoms with E-state index in [1.54, 1.807) is 0 Å². The maximum atomic E-state index is 5.79. The molecule has 0 aromatic heterocycles. The lowest BCUT2D eigenvalue weighted by molar-refractivity contribution is 0.0420. The van der Waals surface area contributed by atoms with Gasteiger partial charge in [0.1, 0.15) is 0 Å². The van der Waals surface area contributed by atoms with Gasteiger partial charge in [-0.05, 0) is 49.9 Å². The van der Waals surface area contributed by atoms with Gasteiger partial charge in [0.05, 0.1) is 12.7 Å². The molecule has 0 saturated carbocycles. The van der Waals surface area contributed by atoms with Crippen molar-refractivity contribution >= 4 is 29.9 Å². The predicted octanol–water partition coefficient (Wildman–Crippen LogP) is 3.54. The molecule has 2 saturated heterocycles. The lowest BCUT2D eigenvalue weighted by atomic mass is 10.1. The Kier molecular flexibility index (Phi) is 12.7. The molecule has 1 aromatic rings. The third-order valence-corrected chi connectivity index (χ3v) is 5.67. The first-order chi connectivity index (χ1) is 14.3. The first-order valence-electron chi connectivity index (χ1n) is 11.3. The van der Waals surface area contributed by atoms with Gasteiger partial charge in [-0.2, -0.15) is 0 Å². The Balaban J connectivity index is 0.00000320. The number of guanidine groups is 1. The van der Waals surface area contributed by atoms with Gasteiger partial charge < -0.3 is 20.1 Å². The van der Waals surface area contributed by atoms with Gasteiger partial charge in [-0.15, -0.1) is 24.0 Å². The Morgan fingerprint density at radius 1 is 1.10 bits per heavy atom. The van der Waals surface area contributed by atoms with Crippen LogP contribution in [0.25, 0.3) is 0 Å². The fourth-order valence-electron chi connectivity index (χ4n) is 3.89. The second-order valence-corrected chi connectivity index (χ2v) is 8.07. The molecule has 3 rings (SSSR count). The maximum Gasteiger partial charge on any atom is 0.191 e. The Bertz CT molecular complexity index is 598. The van der Waals surface area contributed by atoms with Crippen molar-refractivity contribution in [3.63, 3.8) is 0 Å². The summed E-state index contributed by atoms with van der Waals surface area (Å²) < 4.78 is 11.1. The van der Waals surface area contributed by atoms with E-state index in [1.165, 1.54) is 49.9 Å². The number of nitrogens with one attached hydrogen (secondary N) is 2. The minimum Gasteiger partial charge on any atom is -0.379 e. The van der Waals surface area contributed by atoms with E-state index in [9.17, 15) is 0 Å². The molecule has 2 aliphatic heterocycles. The fourth-order valence-corrected chi connectivity index (χ4v) is 3.89. The number of hydrogen-bond donors (Lipinski definition) is 2. The zero-order valence-electron chi connectivity index (χ0n) is 18.4. The van der Waals surface area contributed by atoms with Crippen LogP contribution in [0.4, 0.5) is 0 Å². The monoisotopic (exact) mass is 530 g/mol. The average Bonchev–Trinajstić information content (AvgIpc) is 3.14. The molecule has 1 aromatic carbocycles. The summed E-state index contributed by atoms with van der Waals surface area (Å²) >= 11 is 0. The van der Waals surface area contributed by atoms with Crippen LogP contribution < -0.4 is 10.6 Å². The molecular formula is C23H39IN4O2.